The van der Waals surface area contributed by atoms with Crippen LogP contribution in [0.5, 0.6) is 0 Å². The molecule has 0 bridgehead atoms. The third-order valence-corrected chi connectivity index (χ3v) is 4.25. The molecule has 0 spiro atoms. The van der Waals surface area contributed by atoms with Gasteiger partial charge in [0.2, 0.25) is 0 Å². The fourth-order valence-electron chi connectivity index (χ4n) is 2.12. The topological polar surface area (TPSA) is 26.0 Å². The van der Waals surface area contributed by atoms with Crippen molar-refractivity contribution in [3.63, 3.8) is 0 Å². The molecule has 3 heteroatoms. The van der Waals surface area contributed by atoms with Crippen LogP contribution in [0.4, 0.5) is 0 Å². The molecule has 0 amide bonds. The summed E-state index contributed by atoms with van der Waals surface area (Å²) in [5, 5.41) is 1.46. The normalized spacial score (nSPS) is 19.5. The van der Waals surface area contributed by atoms with Crippen LogP contribution in [0.1, 0.15) is 25.3 Å². The summed E-state index contributed by atoms with van der Waals surface area (Å²) < 4.78 is 0. The summed E-state index contributed by atoms with van der Waals surface area (Å²) in [6.07, 6.45) is 3.42. The van der Waals surface area contributed by atoms with E-state index in [-0.39, 0.29) is 6.04 Å². The van der Waals surface area contributed by atoms with E-state index in [1.54, 1.807) is 0 Å². The smallest absolute Gasteiger partial charge is 0.0453 e. The van der Waals surface area contributed by atoms with Crippen molar-refractivity contribution in [3.8, 4) is 0 Å². The predicted octanol–water partition coefficient (Wildman–Crippen LogP) is 3.91. The molecule has 1 fully saturated rings. The highest BCUT2D eigenvalue weighted by atomic mass is 35.5. The Morgan fingerprint density at radius 3 is 2.38 bits per heavy atom. The Balaban J connectivity index is 2.07. The van der Waals surface area contributed by atoms with Gasteiger partial charge in [-0.1, -0.05) is 36.2 Å². The summed E-state index contributed by atoms with van der Waals surface area (Å²) in [6, 6.07) is 5.77. The third-order valence-electron chi connectivity index (χ3n) is 3.54. The molecule has 0 aromatic heterocycles. The average Bonchev–Trinajstić information content (AvgIpc) is 3.06. The highest BCUT2D eigenvalue weighted by Gasteiger charge is 2.32. The van der Waals surface area contributed by atoms with Crippen molar-refractivity contribution in [3.05, 3.63) is 33.8 Å². The first kappa shape index (κ1) is 12.2. The molecule has 2 N–H and O–H groups in total. The van der Waals surface area contributed by atoms with Crippen LogP contribution < -0.4 is 5.73 Å². The summed E-state index contributed by atoms with van der Waals surface area (Å²) >= 11 is 12.3. The van der Waals surface area contributed by atoms with Crippen LogP contribution in [0.15, 0.2) is 18.2 Å². The lowest BCUT2D eigenvalue weighted by Crippen LogP contribution is -2.32. The molecule has 1 aliphatic rings. The first-order valence-corrected chi connectivity index (χ1v) is 6.53. The number of benzene rings is 1. The third kappa shape index (κ3) is 2.71. The van der Waals surface area contributed by atoms with E-state index in [9.17, 15) is 0 Å². The lowest BCUT2D eigenvalue weighted by molar-refractivity contribution is 0.404. The minimum absolute atomic E-state index is 0.157. The molecule has 2 unspecified atom stereocenters. The van der Waals surface area contributed by atoms with Gasteiger partial charge in [-0.3, -0.25) is 0 Å². The summed E-state index contributed by atoms with van der Waals surface area (Å²) in [6.45, 7) is 2.23. The van der Waals surface area contributed by atoms with Gasteiger partial charge in [-0.05, 0) is 48.8 Å². The number of nitrogens with two attached hydrogens (primary N) is 1. The highest BCUT2D eigenvalue weighted by Crippen LogP contribution is 2.39. The van der Waals surface area contributed by atoms with Crippen LogP contribution in [0.3, 0.4) is 0 Å². The van der Waals surface area contributed by atoms with Crippen LogP contribution >= 0.6 is 23.2 Å². The van der Waals surface area contributed by atoms with E-state index in [2.05, 4.69) is 6.92 Å². The van der Waals surface area contributed by atoms with Crippen molar-refractivity contribution in [2.24, 2.45) is 17.6 Å². The van der Waals surface area contributed by atoms with Crippen molar-refractivity contribution in [2.75, 3.05) is 0 Å². The molecule has 2 rings (SSSR count). The molecule has 0 aliphatic heterocycles. The van der Waals surface area contributed by atoms with Gasteiger partial charge in [-0.15, -0.1) is 0 Å². The summed E-state index contributed by atoms with van der Waals surface area (Å²) in [7, 11) is 0. The van der Waals surface area contributed by atoms with Crippen molar-refractivity contribution in [1.82, 2.24) is 0 Å². The van der Waals surface area contributed by atoms with Crippen molar-refractivity contribution >= 4 is 23.2 Å². The van der Waals surface area contributed by atoms with Gasteiger partial charge >= 0.3 is 0 Å². The van der Waals surface area contributed by atoms with E-state index >= 15 is 0 Å². The Morgan fingerprint density at radius 1 is 1.31 bits per heavy atom. The first-order valence-electron chi connectivity index (χ1n) is 5.78. The van der Waals surface area contributed by atoms with E-state index in [0.29, 0.717) is 5.92 Å². The van der Waals surface area contributed by atoms with Crippen molar-refractivity contribution in [1.29, 1.82) is 0 Å². The van der Waals surface area contributed by atoms with Gasteiger partial charge in [0.25, 0.3) is 0 Å². The minimum Gasteiger partial charge on any atom is -0.327 e. The number of halogens is 2. The second-order valence-electron chi connectivity index (χ2n) is 4.76. The summed E-state index contributed by atoms with van der Waals surface area (Å²) in [5.74, 6) is 1.38. The van der Waals surface area contributed by atoms with E-state index in [4.69, 9.17) is 28.9 Å². The van der Waals surface area contributed by atoms with Crippen molar-refractivity contribution in [2.45, 2.75) is 32.2 Å². The van der Waals surface area contributed by atoms with Crippen LogP contribution in [0, 0.1) is 11.8 Å². The van der Waals surface area contributed by atoms with Crippen LogP contribution in [-0.4, -0.2) is 6.04 Å². The molecule has 16 heavy (non-hydrogen) atoms. The molecule has 1 aliphatic carbocycles. The molecule has 1 saturated carbocycles. The predicted molar refractivity (Wildman–Crippen MR) is 70.0 cm³/mol. The van der Waals surface area contributed by atoms with Crippen LogP contribution in [0.25, 0.3) is 0 Å². The standard InChI is InChI=1S/C13H17Cl2N/c1-8(9-5-6-9)13(16)7-10-11(14)3-2-4-12(10)15/h2-4,8-9,13H,5-7,16H2,1H3. The molecule has 1 nitrogen and oxygen atoms in total. The Morgan fingerprint density at radius 2 is 1.88 bits per heavy atom. The van der Waals surface area contributed by atoms with E-state index in [1.165, 1.54) is 12.8 Å². The van der Waals surface area contributed by atoms with E-state index < -0.39 is 0 Å². The molecule has 1 aromatic rings. The molecule has 1 aromatic carbocycles. The van der Waals surface area contributed by atoms with Gasteiger partial charge in [0, 0.05) is 16.1 Å². The van der Waals surface area contributed by atoms with Gasteiger partial charge in [-0.25, -0.2) is 0 Å². The van der Waals surface area contributed by atoms with Crippen LogP contribution in [0.2, 0.25) is 10.0 Å². The largest absolute Gasteiger partial charge is 0.327 e. The Labute approximate surface area is 107 Å². The Hall–Kier alpha value is -0.240. The van der Waals surface area contributed by atoms with Gasteiger partial charge in [-0.2, -0.15) is 0 Å². The minimum atomic E-state index is 0.157. The van der Waals surface area contributed by atoms with E-state index in [0.717, 1.165) is 27.9 Å². The maximum absolute atomic E-state index is 6.21. The number of hydrogen-bond donors (Lipinski definition) is 1. The van der Waals surface area contributed by atoms with Gasteiger partial charge < -0.3 is 5.73 Å². The molecule has 0 radical (unpaired) electrons. The van der Waals surface area contributed by atoms with Gasteiger partial charge in [0.05, 0.1) is 0 Å². The zero-order chi connectivity index (χ0) is 11.7. The molecule has 88 valence electrons. The quantitative estimate of drug-likeness (QED) is 0.870. The van der Waals surface area contributed by atoms with Gasteiger partial charge in [0.1, 0.15) is 0 Å². The lowest BCUT2D eigenvalue weighted by Gasteiger charge is -2.20. The monoisotopic (exact) mass is 257 g/mol. The van der Waals surface area contributed by atoms with Gasteiger partial charge in [0.15, 0.2) is 0 Å². The maximum Gasteiger partial charge on any atom is 0.0453 e. The molecule has 0 heterocycles. The Kier molecular flexibility index (Phi) is 3.78. The number of hydrogen-bond acceptors (Lipinski definition) is 1. The SMILES string of the molecule is CC(C(N)Cc1c(Cl)cccc1Cl)C1CC1. The average molecular weight is 258 g/mol. The Bertz CT molecular complexity index is 354. The second kappa shape index (κ2) is 4.95. The zero-order valence-electron chi connectivity index (χ0n) is 9.42. The fraction of sp³-hybridized carbons (Fsp3) is 0.538. The summed E-state index contributed by atoms with van der Waals surface area (Å²) in [5.41, 5.74) is 7.20. The number of rotatable bonds is 4. The maximum atomic E-state index is 6.21. The lowest BCUT2D eigenvalue weighted by atomic mass is 9.92. The highest BCUT2D eigenvalue weighted by molar-refractivity contribution is 6.35. The van der Waals surface area contributed by atoms with Crippen LogP contribution in [-0.2, 0) is 6.42 Å². The first-order chi connectivity index (χ1) is 7.59. The fourth-order valence-corrected chi connectivity index (χ4v) is 2.67. The van der Waals surface area contributed by atoms with E-state index in [1.807, 2.05) is 18.2 Å². The summed E-state index contributed by atoms with van der Waals surface area (Å²) in [4.78, 5) is 0. The molecule has 2 atom stereocenters. The molecular weight excluding hydrogens is 241 g/mol. The zero-order valence-corrected chi connectivity index (χ0v) is 10.9. The molecular formula is C13H17Cl2N. The molecule has 0 saturated heterocycles. The second-order valence-corrected chi connectivity index (χ2v) is 5.58. The van der Waals surface area contributed by atoms with Crippen molar-refractivity contribution < 1.29 is 0 Å².